The lowest BCUT2D eigenvalue weighted by Crippen LogP contribution is -2.17. The van der Waals surface area contributed by atoms with Crippen molar-refractivity contribution in [3.8, 4) is 6.07 Å². The van der Waals surface area contributed by atoms with Gasteiger partial charge in [-0.05, 0) is 17.7 Å². The number of nitro benzene ring substituents is 1. The number of rotatable bonds is 4. The molecule has 5 heteroatoms. The molecule has 5 nitrogen and oxygen atoms in total. The summed E-state index contributed by atoms with van der Waals surface area (Å²) >= 11 is 0. The Labute approximate surface area is 116 Å². The quantitative estimate of drug-likeness (QED) is 0.630. The second-order valence-electron chi connectivity index (χ2n) is 4.41. The maximum Gasteiger partial charge on any atom is 0.292 e. The highest BCUT2D eigenvalue weighted by molar-refractivity contribution is 5.65. The van der Waals surface area contributed by atoms with Crippen molar-refractivity contribution in [1.29, 1.82) is 5.26 Å². The topological polar surface area (TPSA) is 70.2 Å². The van der Waals surface area contributed by atoms with Crippen LogP contribution in [0.2, 0.25) is 0 Å². The third kappa shape index (κ3) is 2.93. The van der Waals surface area contributed by atoms with Gasteiger partial charge in [-0.25, -0.2) is 0 Å². The molecule has 0 aromatic heterocycles. The first-order valence-corrected chi connectivity index (χ1v) is 6.05. The molecule has 0 bridgehead atoms. The molecule has 0 unspecified atom stereocenters. The Kier molecular flexibility index (Phi) is 3.96. The molecule has 0 heterocycles. The first-order chi connectivity index (χ1) is 9.61. The maximum atomic E-state index is 11.1. The molecule has 100 valence electrons. The largest absolute Gasteiger partial charge is 0.365 e. The van der Waals surface area contributed by atoms with Gasteiger partial charge in [0.1, 0.15) is 5.69 Å². The van der Waals surface area contributed by atoms with Crippen LogP contribution in [0, 0.1) is 21.4 Å². The molecule has 0 radical (unpaired) electrons. The maximum absolute atomic E-state index is 11.1. The zero-order valence-corrected chi connectivity index (χ0v) is 11.0. The van der Waals surface area contributed by atoms with E-state index in [0.717, 1.165) is 5.56 Å². The predicted molar refractivity (Wildman–Crippen MR) is 76.4 cm³/mol. The van der Waals surface area contributed by atoms with Gasteiger partial charge in [-0.15, -0.1) is 0 Å². The number of anilines is 1. The first-order valence-electron chi connectivity index (χ1n) is 6.05. The molecule has 0 saturated carbocycles. The highest BCUT2D eigenvalue weighted by Gasteiger charge is 2.17. The van der Waals surface area contributed by atoms with Crippen LogP contribution in [-0.2, 0) is 6.54 Å². The Morgan fingerprint density at radius 2 is 1.95 bits per heavy atom. The number of nitriles is 1. The van der Waals surface area contributed by atoms with E-state index in [-0.39, 0.29) is 5.69 Å². The van der Waals surface area contributed by atoms with Gasteiger partial charge in [0.25, 0.3) is 5.69 Å². The van der Waals surface area contributed by atoms with Crippen LogP contribution >= 0.6 is 0 Å². The van der Waals surface area contributed by atoms with Crippen LogP contribution in [0.5, 0.6) is 0 Å². The van der Waals surface area contributed by atoms with Gasteiger partial charge in [0, 0.05) is 19.7 Å². The summed E-state index contributed by atoms with van der Waals surface area (Å²) in [6.45, 7) is 0.538. The summed E-state index contributed by atoms with van der Waals surface area (Å²) in [5.41, 5.74) is 1.90. The van der Waals surface area contributed by atoms with Crippen LogP contribution in [-0.4, -0.2) is 12.0 Å². The second-order valence-corrected chi connectivity index (χ2v) is 4.41. The average Bonchev–Trinajstić information content (AvgIpc) is 2.47. The van der Waals surface area contributed by atoms with Crippen molar-refractivity contribution in [2.45, 2.75) is 6.54 Å². The van der Waals surface area contributed by atoms with Crippen molar-refractivity contribution in [2.75, 3.05) is 11.9 Å². The fourth-order valence-corrected chi connectivity index (χ4v) is 2.00. The molecule has 0 aliphatic heterocycles. The van der Waals surface area contributed by atoms with E-state index in [0.29, 0.717) is 17.8 Å². The molecule has 0 atom stereocenters. The van der Waals surface area contributed by atoms with E-state index in [1.807, 2.05) is 36.4 Å². The molecule has 2 aromatic carbocycles. The van der Waals surface area contributed by atoms with E-state index in [1.54, 1.807) is 18.0 Å². The van der Waals surface area contributed by atoms with Crippen molar-refractivity contribution < 1.29 is 4.92 Å². The summed E-state index contributed by atoms with van der Waals surface area (Å²) in [6, 6.07) is 16.0. The van der Waals surface area contributed by atoms with Gasteiger partial charge in [0.05, 0.1) is 16.6 Å². The molecular weight excluding hydrogens is 254 g/mol. The minimum atomic E-state index is -0.433. The third-order valence-corrected chi connectivity index (χ3v) is 2.98. The minimum Gasteiger partial charge on any atom is -0.365 e. The summed E-state index contributed by atoms with van der Waals surface area (Å²) < 4.78 is 0. The van der Waals surface area contributed by atoms with Gasteiger partial charge in [0.15, 0.2) is 0 Å². The summed E-state index contributed by atoms with van der Waals surface area (Å²) in [6.07, 6.45) is 0. The average molecular weight is 267 g/mol. The Morgan fingerprint density at radius 1 is 1.25 bits per heavy atom. The van der Waals surface area contributed by atoms with Crippen molar-refractivity contribution in [1.82, 2.24) is 0 Å². The number of hydrogen-bond donors (Lipinski definition) is 0. The fourth-order valence-electron chi connectivity index (χ4n) is 2.00. The van der Waals surface area contributed by atoms with E-state index in [4.69, 9.17) is 5.26 Å². The number of nitrogens with zero attached hydrogens (tertiary/aromatic N) is 3. The summed E-state index contributed by atoms with van der Waals surface area (Å²) in [4.78, 5) is 12.4. The smallest absolute Gasteiger partial charge is 0.292 e. The SMILES string of the molecule is CN(Cc1ccccc1)c1cc(C#N)ccc1[N+](=O)[O-]. The van der Waals surface area contributed by atoms with Gasteiger partial charge in [-0.2, -0.15) is 5.26 Å². The van der Waals surface area contributed by atoms with Crippen molar-refractivity contribution in [3.63, 3.8) is 0 Å². The first kappa shape index (κ1) is 13.6. The van der Waals surface area contributed by atoms with Crippen molar-refractivity contribution in [2.24, 2.45) is 0 Å². The minimum absolute atomic E-state index is 0.00225. The third-order valence-electron chi connectivity index (χ3n) is 2.98. The van der Waals surface area contributed by atoms with Crippen molar-refractivity contribution in [3.05, 3.63) is 69.8 Å². The zero-order chi connectivity index (χ0) is 14.5. The molecule has 0 aliphatic rings. The lowest BCUT2D eigenvalue weighted by atomic mass is 10.1. The van der Waals surface area contributed by atoms with Crippen LogP contribution in [0.15, 0.2) is 48.5 Å². The van der Waals surface area contributed by atoms with Gasteiger partial charge in [0.2, 0.25) is 0 Å². The molecule has 2 rings (SSSR count). The molecular formula is C15H13N3O2. The Hall–Kier alpha value is -2.87. The van der Waals surface area contributed by atoms with E-state index < -0.39 is 4.92 Å². The van der Waals surface area contributed by atoms with Crippen LogP contribution in [0.25, 0.3) is 0 Å². The fraction of sp³-hybridized carbons (Fsp3) is 0.133. The number of nitro groups is 1. The molecule has 20 heavy (non-hydrogen) atoms. The Bertz CT molecular complexity index is 663. The molecule has 0 spiro atoms. The lowest BCUT2D eigenvalue weighted by molar-refractivity contribution is -0.384. The molecule has 0 aliphatic carbocycles. The number of hydrogen-bond acceptors (Lipinski definition) is 4. The predicted octanol–water partition coefficient (Wildman–Crippen LogP) is 3.10. The summed E-state index contributed by atoms with van der Waals surface area (Å²) in [7, 11) is 1.77. The highest BCUT2D eigenvalue weighted by Crippen LogP contribution is 2.29. The van der Waals surface area contributed by atoms with Crippen LogP contribution < -0.4 is 4.90 Å². The molecule has 0 saturated heterocycles. The lowest BCUT2D eigenvalue weighted by Gasteiger charge is -2.19. The van der Waals surface area contributed by atoms with Gasteiger partial charge < -0.3 is 4.90 Å². The van der Waals surface area contributed by atoms with Gasteiger partial charge in [-0.3, -0.25) is 10.1 Å². The van der Waals surface area contributed by atoms with Crippen LogP contribution in [0.1, 0.15) is 11.1 Å². The van der Waals surface area contributed by atoms with Crippen molar-refractivity contribution >= 4 is 11.4 Å². The van der Waals surface area contributed by atoms with E-state index in [1.165, 1.54) is 12.1 Å². The Balaban J connectivity index is 2.35. The molecule has 0 amide bonds. The Morgan fingerprint density at radius 3 is 2.55 bits per heavy atom. The molecule has 0 N–H and O–H groups in total. The second kappa shape index (κ2) is 5.85. The normalized spacial score (nSPS) is 9.80. The number of benzene rings is 2. The van der Waals surface area contributed by atoms with Crippen LogP contribution in [0.3, 0.4) is 0 Å². The van der Waals surface area contributed by atoms with Gasteiger partial charge >= 0.3 is 0 Å². The summed E-state index contributed by atoms with van der Waals surface area (Å²) in [5.74, 6) is 0. The van der Waals surface area contributed by atoms with Crippen LogP contribution in [0.4, 0.5) is 11.4 Å². The van der Waals surface area contributed by atoms with Gasteiger partial charge in [-0.1, -0.05) is 30.3 Å². The monoisotopic (exact) mass is 267 g/mol. The standard InChI is InChI=1S/C15H13N3O2/c1-17(11-12-5-3-2-4-6-12)15-9-13(10-16)7-8-14(15)18(19)20/h2-9H,11H2,1H3. The summed E-state index contributed by atoms with van der Waals surface area (Å²) in [5, 5.41) is 20.0. The zero-order valence-electron chi connectivity index (χ0n) is 11.0. The molecule has 2 aromatic rings. The molecule has 0 fully saturated rings. The van der Waals surface area contributed by atoms with E-state index in [2.05, 4.69) is 0 Å². The highest BCUT2D eigenvalue weighted by atomic mass is 16.6. The van der Waals surface area contributed by atoms with E-state index >= 15 is 0 Å². The van der Waals surface area contributed by atoms with E-state index in [9.17, 15) is 10.1 Å².